The van der Waals surface area contributed by atoms with Crippen LogP contribution in [0.5, 0.6) is 0 Å². The van der Waals surface area contributed by atoms with E-state index in [1.54, 1.807) is 0 Å². The fourth-order valence-electron chi connectivity index (χ4n) is 2.74. The van der Waals surface area contributed by atoms with E-state index < -0.39 is 0 Å². The second kappa shape index (κ2) is 7.38. The molecule has 2 aromatic rings. The molecule has 120 valence electrons. The van der Waals surface area contributed by atoms with Crippen molar-refractivity contribution < 1.29 is 9.53 Å². The van der Waals surface area contributed by atoms with Gasteiger partial charge in [0.05, 0.1) is 0 Å². The summed E-state index contributed by atoms with van der Waals surface area (Å²) < 4.78 is 7.33. The molecule has 1 aromatic heterocycles. The molecule has 1 aliphatic heterocycles. The molecule has 0 radical (unpaired) electrons. The first-order chi connectivity index (χ1) is 11.2. The molecule has 0 bridgehead atoms. The Hall–Kier alpha value is -2.20. The molecule has 1 amide bonds. The highest BCUT2D eigenvalue weighted by atomic mass is 16.5. The Morgan fingerprint density at radius 1 is 1.17 bits per heavy atom. The molecule has 0 saturated carbocycles. The molecule has 1 aliphatic rings. The van der Waals surface area contributed by atoms with Crippen LogP contribution in [-0.2, 0) is 16.1 Å². The standard InChI is InChI=1S/C19H22N2O2/c1-15-5-7-16(8-6-15)14-21-11-3-2-4-18(21)20-19(22)17-9-12-23-13-10-17/h2-8,11,17H,9-10,12-14H2,1H3. The molecule has 0 atom stereocenters. The Balaban J connectivity index is 1.83. The van der Waals surface area contributed by atoms with Gasteiger partial charge in [-0.2, -0.15) is 4.99 Å². The van der Waals surface area contributed by atoms with Crippen LogP contribution in [0.3, 0.4) is 0 Å². The van der Waals surface area contributed by atoms with Crippen molar-refractivity contribution in [2.45, 2.75) is 26.3 Å². The van der Waals surface area contributed by atoms with Crippen molar-refractivity contribution in [1.82, 2.24) is 4.57 Å². The van der Waals surface area contributed by atoms with E-state index in [-0.39, 0.29) is 11.8 Å². The number of aryl methyl sites for hydroxylation is 1. The van der Waals surface area contributed by atoms with Gasteiger partial charge in [0.15, 0.2) is 0 Å². The molecule has 2 heterocycles. The summed E-state index contributed by atoms with van der Waals surface area (Å²) in [5, 5.41) is 0. The second-order valence-electron chi connectivity index (χ2n) is 6.01. The van der Waals surface area contributed by atoms with Crippen LogP contribution in [0.4, 0.5) is 0 Å². The Bertz CT molecular complexity index is 726. The third kappa shape index (κ3) is 4.17. The second-order valence-corrected chi connectivity index (χ2v) is 6.01. The average Bonchev–Trinajstić information content (AvgIpc) is 2.59. The maximum Gasteiger partial charge on any atom is 0.250 e. The first-order valence-electron chi connectivity index (χ1n) is 8.10. The minimum atomic E-state index is -0.0304. The topological polar surface area (TPSA) is 43.6 Å². The molecular weight excluding hydrogens is 288 g/mol. The molecule has 1 saturated heterocycles. The highest BCUT2D eigenvalue weighted by Gasteiger charge is 2.20. The summed E-state index contributed by atoms with van der Waals surface area (Å²) in [6.45, 7) is 4.10. The zero-order chi connectivity index (χ0) is 16.1. The van der Waals surface area contributed by atoms with Crippen LogP contribution in [0.2, 0.25) is 0 Å². The summed E-state index contributed by atoms with van der Waals surface area (Å²) in [4.78, 5) is 16.7. The third-order valence-electron chi connectivity index (χ3n) is 4.19. The third-order valence-corrected chi connectivity index (χ3v) is 4.19. The van der Waals surface area contributed by atoms with E-state index in [0.29, 0.717) is 25.2 Å². The predicted octanol–water partition coefficient (Wildman–Crippen LogP) is 2.70. The molecule has 0 spiro atoms. The van der Waals surface area contributed by atoms with E-state index in [1.807, 2.05) is 29.0 Å². The van der Waals surface area contributed by atoms with Gasteiger partial charge in [0, 0.05) is 31.9 Å². The number of amides is 1. The molecule has 0 unspecified atom stereocenters. The Morgan fingerprint density at radius 3 is 2.65 bits per heavy atom. The number of nitrogens with zero attached hydrogens (tertiary/aromatic N) is 2. The lowest BCUT2D eigenvalue weighted by Gasteiger charge is -2.18. The lowest BCUT2D eigenvalue weighted by atomic mass is 10.00. The van der Waals surface area contributed by atoms with Gasteiger partial charge < -0.3 is 9.30 Å². The molecule has 4 heteroatoms. The maximum absolute atomic E-state index is 12.4. The van der Waals surface area contributed by atoms with Crippen LogP contribution in [0, 0.1) is 12.8 Å². The number of hydrogen-bond acceptors (Lipinski definition) is 2. The fourth-order valence-corrected chi connectivity index (χ4v) is 2.74. The van der Waals surface area contributed by atoms with Gasteiger partial charge in [-0.25, -0.2) is 0 Å². The van der Waals surface area contributed by atoms with E-state index in [4.69, 9.17) is 4.74 Å². The first kappa shape index (κ1) is 15.7. The van der Waals surface area contributed by atoms with Gasteiger partial charge in [0.25, 0.3) is 5.91 Å². The van der Waals surface area contributed by atoms with Crippen LogP contribution in [-0.4, -0.2) is 23.7 Å². The monoisotopic (exact) mass is 310 g/mol. The highest BCUT2D eigenvalue weighted by molar-refractivity contribution is 5.79. The first-order valence-corrected chi connectivity index (χ1v) is 8.10. The molecule has 1 aromatic carbocycles. The van der Waals surface area contributed by atoms with Crippen LogP contribution >= 0.6 is 0 Å². The van der Waals surface area contributed by atoms with E-state index >= 15 is 0 Å². The Labute approximate surface area is 136 Å². The summed E-state index contributed by atoms with van der Waals surface area (Å²) in [6.07, 6.45) is 3.51. The summed E-state index contributed by atoms with van der Waals surface area (Å²) in [7, 11) is 0. The largest absolute Gasteiger partial charge is 0.381 e. The molecule has 3 rings (SSSR count). The molecule has 1 fully saturated rings. The van der Waals surface area contributed by atoms with Gasteiger partial charge in [-0.15, -0.1) is 0 Å². The average molecular weight is 310 g/mol. The maximum atomic E-state index is 12.4. The van der Waals surface area contributed by atoms with Gasteiger partial charge in [-0.3, -0.25) is 4.79 Å². The Morgan fingerprint density at radius 2 is 1.91 bits per heavy atom. The number of pyridine rings is 1. The lowest BCUT2D eigenvalue weighted by molar-refractivity contribution is -0.124. The lowest BCUT2D eigenvalue weighted by Crippen LogP contribution is -2.27. The number of ether oxygens (including phenoxy) is 1. The summed E-state index contributed by atoms with van der Waals surface area (Å²) >= 11 is 0. The molecule has 0 aliphatic carbocycles. The van der Waals surface area contributed by atoms with E-state index in [2.05, 4.69) is 36.2 Å². The SMILES string of the molecule is Cc1ccc(Cn2ccccc2=NC(=O)C2CCOCC2)cc1. The number of benzene rings is 1. The minimum absolute atomic E-state index is 0.00298. The summed E-state index contributed by atoms with van der Waals surface area (Å²) in [5.74, 6) is -0.0334. The van der Waals surface area contributed by atoms with Gasteiger partial charge in [0.2, 0.25) is 0 Å². The predicted molar refractivity (Wildman–Crippen MR) is 88.8 cm³/mol. The van der Waals surface area contributed by atoms with Gasteiger partial charge in [0.1, 0.15) is 5.49 Å². The molecule has 23 heavy (non-hydrogen) atoms. The number of aromatic nitrogens is 1. The van der Waals surface area contributed by atoms with Crippen molar-refractivity contribution in [1.29, 1.82) is 0 Å². The quantitative estimate of drug-likeness (QED) is 0.875. The molecule has 0 N–H and O–H groups in total. The normalized spacial score (nSPS) is 16.5. The number of carbonyl (C=O) groups excluding carboxylic acids is 1. The molecule has 4 nitrogen and oxygen atoms in total. The van der Waals surface area contributed by atoms with Crippen LogP contribution in [0.25, 0.3) is 0 Å². The van der Waals surface area contributed by atoms with Crippen LogP contribution in [0.15, 0.2) is 53.7 Å². The highest BCUT2D eigenvalue weighted by Crippen LogP contribution is 2.15. The van der Waals surface area contributed by atoms with Crippen molar-refractivity contribution in [3.63, 3.8) is 0 Å². The van der Waals surface area contributed by atoms with Crippen LogP contribution < -0.4 is 5.49 Å². The Kier molecular flexibility index (Phi) is 5.03. The van der Waals surface area contributed by atoms with Gasteiger partial charge >= 0.3 is 0 Å². The zero-order valence-electron chi connectivity index (χ0n) is 13.4. The van der Waals surface area contributed by atoms with Crippen molar-refractivity contribution in [2.75, 3.05) is 13.2 Å². The minimum Gasteiger partial charge on any atom is -0.381 e. The number of carbonyl (C=O) groups is 1. The van der Waals surface area contributed by atoms with Crippen molar-refractivity contribution in [3.8, 4) is 0 Å². The van der Waals surface area contributed by atoms with Gasteiger partial charge in [-0.05, 0) is 37.5 Å². The number of hydrogen-bond donors (Lipinski definition) is 0. The van der Waals surface area contributed by atoms with Crippen molar-refractivity contribution >= 4 is 5.91 Å². The summed E-state index contributed by atoms with van der Waals surface area (Å²) in [5.41, 5.74) is 3.15. The van der Waals surface area contributed by atoms with Crippen molar-refractivity contribution in [3.05, 3.63) is 65.3 Å². The van der Waals surface area contributed by atoms with E-state index in [1.165, 1.54) is 11.1 Å². The molecular formula is C19H22N2O2. The van der Waals surface area contributed by atoms with E-state index in [9.17, 15) is 4.79 Å². The van der Waals surface area contributed by atoms with Crippen molar-refractivity contribution in [2.24, 2.45) is 10.9 Å². The van der Waals surface area contributed by atoms with Gasteiger partial charge in [-0.1, -0.05) is 35.9 Å². The van der Waals surface area contributed by atoms with Crippen LogP contribution in [0.1, 0.15) is 24.0 Å². The zero-order valence-corrected chi connectivity index (χ0v) is 13.4. The fraction of sp³-hybridized carbons (Fsp3) is 0.368. The number of rotatable bonds is 3. The summed E-state index contributed by atoms with van der Waals surface area (Å²) in [6, 6.07) is 14.2. The smallest absolute Gasteiger partial charge is 0.250 e. The van der Waals surface area contributed by atoms with E-state index in [0.717, 1.165) is 12.8 Å².